The number of rotatable bonds is 13. The first kappa shape index (κ1) is 27.9. The highest BCUT2D eigenvalue weighted by Crippen LogP contribution is 2.27. The van der Waals surface area contributed by atoms with Crippen LogP contribution in [-0.4, -0.2) is 33.8 Å². The van der Waals surface area contributed by atoms with E-state index >= 15 is 0 Å². The van der Waals surface area contributed by atoms with Crippen molar-refractivity contribution in [2.24, 2.45) is 0 Å². The molecular weight excluding hydrogens is 492 g/mol. The number of fused-ring (bicyclic) bond motifs is 1. The van der Waals surface area contributed by atoms with Crippen LogP contribution in [-0.2, 0) is 13.0 Å². The van der Waals surface area contributed by atoms with Crippen LogP contribution in [0.15, 0.2) is 65.5 Å². The van der Waals surface area contributed by atoms with Crippen LogP contribution in [0, 0.1) is 0 Å². The van der Waals surface area contributed by atoms with Crippen LogP contribution in [0.4, 0.5) is 0 Å². The highest BCUT2D eigenvalue weighted by Gasteiger charge is 2.17. The predicted molar refractivity (Wildman–Crippen MR) is 154 cm³/mol. The van der Waals surface area contributed by atoms with Crippen LogP contribution in [0.3, 0.4) is 0 Å². The molecule has 4 aromatic rings. The van der Waals surface area contributed by atoms with Crippen LogP contribution in [0.2, 0.25) is 0 Å². The SMILES string of the molecule is CCCCc1nc2cc(OCCC)c(=O)c(OCCC)cc2n1Cc1ccc(-c2ccccc2C(=O)O)cc1. The van der Waals surface area contributed by atoms with Gasteiger partial charge in [-0.2, -0.15) is 0 Å². The third kappa shape index (κ3) is 6.48. The molecule has 0 unspecified atom stereocenters. The molecule has 39 heavy (non-hydrogen) atoms. The second kappa shape index (κ2) is 13.1. The van der Waals surface area contributed by atoms with Gasteiger partial charge in [-0.25, -0.2) is 9.78 Å². The van der Waals surface area contributed by atoms with E-state index < -0.39 is 5.97 Å². The Hall–Kier alpha value is -4.13. The van der Waals surface area contributed by atoms with Crippen LogP contribution >= 0.6 is 0 Å². The molecule has 7 heteroatoms. The number of aryl methyl sites for hydroxylation is 1. The summed E-state index contributed by atoms with van der Waals surface area (Å²) in [5.74, 6) is 0.510. The molecule has 0 fully saturated rings. The predicted octanol–water partition coefficient (Wildman–Crippen LogP) is 6.73. The molecule has 0 aliphatic carbocycles. The summed E-state index contributed by atoms with van der Waals surface area (Å²) in [6.45, 7) is 7.58. The van der Waals surface area contributed by atoms with Crippen LogP contribution in [0.25, 0.3) is 22.2 Å². The van der Waals surface area contributed by atoms with Crippen molar-refractivity contribution < 1.29 is 19.4 Å². The molecule has 0 aliphatic heterocycles. The number of imidazole rings is 1. The van der Waals surface area contributed by atoms with Gasteiger partial charge in [-0.05, 0) is 42.0 Å². The van der Waals surface area contributed by atoms with Gasteiger partial charge in [0.2, 0.25) is 0 Å². The minimum Gasteiger partial charge on any atom is -0.489 e. The first-order valence-electron chi connectivity index (χ1n) is 13.7. The molecular formula is C32H36N2O5. The normalized spacial score (nSPS) is 11.1. The minimum atomic E-state index is -0.950. The number of nitrogens with zero attached hydrogens (tertiary/aromatic N) is 2. The van der Waals surface area contributed by atoms with E-state index in [4.69, 9.17) is 14.5 Å². The summed E-state index contributed by atoms with van der Waals surface area (Å²) < 4.78 is 13.9. The third-order valence-corrected chi connectivity index (χ3v) is 6.54. The number of hydrogen-bond acceptors (Lipinski definition) is 5. The zero-order valence-corrected chi connectivity index (χ0v) is 22.9. The number of unbranched alkanes of at least 4 members (excludes halogenated alkanes) is 1. The maximum atomic E-state index is 13.2. The van der Waals surface area contributed by atoms with E-state index in [0.717, 1.165) is 54.6 Å². The van der Waals surface area contributed by atoms with Gasteiger partial charge >= 0.3 is 5.97 Å². The summed E-state index contributed by atoms with van der Waals surface area (Å²) in [4.78, 5) is 29.9. The molecule has 0 radical (unpaired) electrons. The average molecular weight is 529 g/mol. The number of carbonyl (C=O) groups is 1. The first-order chi connectivity index (χ1) is 19.0. The van der Waals surface area contributed by atoms with E-state index in [1.54, 1.807) is 24.3 Å². The molecule has 0 spiro atoms. The standard InChI is InChI=1S/C32H36N2O5/c1-4-7-12-30-33-26-19-28(38-17-5-2)31(35)29(39-18-6-3)20-27(26)34(30)21-22-13-15-23(16-14-22)24-10-8-9-11-25(24)32(36)37/h8-11,13-16,19-20H,4-7,12,17-18,21H2,1-3H3,(H,36,37). The molecule has 0 aliphatic rings. The lowest BCUT2D eigenvalue weighted by molar-refractivity contribution is 0.0697. The second-order valence-corrected chi connectivity index (χ2v) is 9.58. The van der Waals surface area contributed by atoms with Gasteiger partial charge < -0.3 is 19.1 Å². The molecule has 7 nitrogen and oxygen atoms in total. The Morgan fingerprint density at radius 1 is 0.897 bits per heavy atom. The molecule has 0 atom stereocenters. The van der Waals surface area contributed by atoms with Gasteiger partial charge in [0.15, 0.2) is 11.5 Å². The van der Waals surface area contributed by atoms with E-state index in [9.17, 15) is 14.7 Å². The summed E-state index contributed by atoms with van der Waals surface area (Å²) >= 11 is 0. The van der Waals surface area contributed by atoms with Gasteiger partial charge in [0.05, 0.1) is 29.8 Å². The maximum Gasteiger partial charge on any atom is 0.336 e. The molecule has 1 N–H and O–H groups in total. The highest BCUT2D eigenvalue weighted by molar-refractivity contribution is 5.96. The van der Waals surface area contributed by atoms with E-state index in [1.807, 2.05) is 50.2 Å². The molecule has 4 rings (SSSR count). The number of carboxylic acids is 1. The van der Waals surface area contributed by atoms with E-state index in [2.05, 4.69) is 11.5 Å². The Balaban J connectivity index is 1.79. The summed E-state index contributed by atoms with van der Waals surface area (Å²) in [7, 11) is 0. The Morgan fingerprint density at radius 2 is 1.56 bits per heavy atom. The molecule has 3 aromatic carbocycles. The van der Waals surface area contributed by atoms with Crippen molar-refractivity contribution in [1.29, 1.82) is 0 Å². The van der Waals surface area contributed by atoms with Gasteiger partial charge in [0.1, 0.15) is 5.82 Å². The summed E-state index contributed by atoms with van der Waals surface area (Å²) in [5.41, 5.74) is 4.08. The van der Waals surface area contributed by atoms with E-state index in [1.165, 1.54) is 0 Å². The van der Waals surface area contributed by atoms with Crippen molar-refractivity contribution in [3.05, 3.63) is 87.8 Å². The summed E-state index contributed by atoms with van der Waals surface area (Å²) in [6, 6.07) is 18.5. The summed E-state index contributed by atoms with van der Waals surface area (Å²) in [6.07, 6.45) is 4.40. The molecule has 0 amide bonds. The van der Waals surface area contributed by atoms with Crippen LogP contribution < -0.4 is 14.9 Å². The fourth-order valence-electron chi connectivity index (χ4n) is 4.53. The van der Waals surface area contributed by atoms with Gasteiger partial charge in [-0.1, -0.05) is 69.7 Å². The molecule has 0 saturated heterocycles. The Labute approximate surface area is 229 Å². The average Bonchev–Trinajstić information content (AvgIpc) is 3.19. The lowest BCUT2D eigenvalue weighted by Crippen LogP contribution is -2.11. The fraction of sp³-hybridized carbons (Fsp3) is 0.344. The Bertz CT molecular complexity index is 1490. The molecule has 0 bridgehead atoms. The number of benzene rings is 2. The van der Waals surface area contributed by atoms with E-state index in [0.29, 0.717) is 30.8 Å². The van der Waals surface area contributed by atoms with Gasteiger partial charge in [-0.3, -0.25) is 4.79 Å². The molecule has 1 heterocycles. The lowest BCUT2D eigenvalue weighted by atomic mass is 9.99. The highest BCUT2D eigenvalue weighted by atomic mass is 16.5. The van der Waals surface area contributed by atoms with Crippen molar-refractivity contribution in [3.63, 3.8) is 0 Å². The van der Waals surface area contributed by atoms with Crippen LogP contribution in [0.5, 0.6) is 11.5 Å². The maximum absolute atomic E-state index is 13.2. The molecule has 0 saturated carbocycles. The largest absolute Gasteiger partial charge is 0.489 e. The Morgan fingerprint density at radius 3 is 2.21 bits per heavy atom. The van der Waals surface area contributed by atoms with Crippen molar-refractivity contribution in [2.75, 3.05) is 13.2 Å². The zero-order chi connectivity index (χ0) is 27.8. The van der Waals surface area contributed by atoms with E-state index in [-0.39, 0.29) is 22.5 Å². The van der Waals surface area contributed by atoms with Crippen LogP contribution in [0.1, 0.15) is 68.2 Å². The number of hydrogen-bond donors (Lipinski definition) is 1. The smallest absolute Gasteiger partial charge is 0.336 e. The topological polar surface area (TPSA) is 90.7 Å². The first-order valence-corrected chi connectivity index (χ1v) is 13.7. The second-order valence-electron chi connectivity index (χ2n) is 9.58. The van der Waals surface area contributed by atoms with Gasteiger partial charge in [0.25, 0.3) is 5.43 Å². The molecule has 204 valence electrons. The number of aromatic carboxylic acids is 1. The quantitative estimate of drug-likeness (QED) is 0.207. The van der Waals surface area contributed by atoms with Gasteiger partial charge in [0, 0.05) is 25.1 Å². The number of ether oxygens (including phenoxy) is 2. The number of carboxylic acid groups (broad SMARTS) is 1. The fourth-order valence-corrected chi connectivity index (χ4v) is 4.53. The third-order valence-electron chi connectivity index (χ3n) is 6.54. The molecule has 1 aromatic heterocycles. The number of aromatic nitrogens is 2. The van der Waals surface area contributed by atoms with Crippen molar-refractivity contribution in [1.82, 2.24) is 9.55 Å². The van der Waals surface area contributed by atoms with Crippen molar-refractivity contribution >= 4 is 17.0 Å². The van der Waals surface area contributed by atoms with Crippen molar-refractivity contribution in [2.45, 2.75) is 59.4 Å². The monoisotopic (exact) mass is 528 g/mol. The van der Waals surface area contributed by atoms with Gasteiger partial charge in [-0.15, -0.1) is 0 Å². The zero-order valence-electron chi connectivity index (χ0n) is 22.9. The lowest BCUT2D eigenvalue weighted by Gasteiger charge is -2.11. The minimum absolute atomic E-state index is 0.256. The summed E-state index contributed by atoms with van der Waals surface area (Å²) in [5, 5.41) is 9.59. The Kier molecular flexibility index (Phi) is 9.36. The van der Waals surface area contributed by atoms with Crippen molar-refractivity contribution in [3.8, 4) is 22.6 Å².